The summed E-state index contributed by atoms with van der Waals surface area (Å²) in [5.74, 6) is 0.0385. The first-order valence-corrected chi connectivity index (χ1v) is 18.0. The van der Waals surface area contributed by atoms with Gasteiger partial charge in [0, 0.05) is 76.5 Å². The number of aryl methyl sites for hydroxylation is 2. The van der Waals surface area contributed by atoms with Crippen LogP contribution in [0.5, 0.6) is 5.75 Å². The number of carbonyl (C=O) groups is 3. The molecule has 1 atom stereocenters. The Hall–Kier alpha value is -3.87. The van der Waals surface area contributed by atoms with Crippen molar-refractivity contribution < 1.29 is 29.3 Å². The predicted octanol–water partition coefficient (Wildman–Crippen LogP) is 3.21. The summed E-state index contributed by atoms with van der Waals surface area (Å²) >= 11 is 0. The maximum atomic E-state index is 14.1. The first kappa shape index (κ1) is 35.0. The van der Waals surface area contributed by atoms with Crippen molar-refractivity contribution in [1.29, 1.82) is 0 Å². The molecule has 4 aliphatic heterocycles. The van der Waals surface area contributed by atoms with Gasteiger partial charge in [-0.2, -0.15) is 0 Å². The fourth-order valence-electron chi connectivity index (χ4n) is 8.01. The number of piperidine rings is 2. The number of rotatable bonds is 8. The van der Waals surface area contributed by atoms with Gasteiger partial charge in [-0.25, -0.2) is 9.59 Å². The molecule has 3 fully saturated rings. The van der Waals surface area contributed by atoms with Crippen LogP contribution in [-0.4, -0.2) is 143 Å². The summed E-state index contributed by atoms with van der Waals surface area (Å²) in [5, 5.41) is 22.7. The van der Waals surface area contributed by atoms with Crippen molar-refractivity contribution in [2.24, 2.45) is 0 Å². The molecule has 12 heteroatoms. The summed E-state index contributed by atoms with van der Waals surface area (Å²) in [6.07, 6.45) is 2.88. The second-order valence-electron chi connectivity index (χ2n) is 14.1. The highest BCUT2D eigenvalue weighted by Gasteiger charge is 2.36. The van der Waals surface area contributed by atoms with Crippen molar-refractivity contribution in [3.05, 3.63) is 58.7 Å². The summed E-state index contributed by atoms with van der Waals surface area (Å²) in [4.78, 5) is 50.9. The molecule has 12 nitrogen and oxygen atoms in total. The Morgan fingerprint density at radius 1 is 0.878 bits per heavy atom. The van der Waals surface area contributed by atoms with E-state index in [9.17, 15) is 24.6 Å². The van der Waals surface area contributed by atoms with Crippen molar-refractivity contribution >= 4 is 23.7 Å². The number of benzene rings is 2. The maximum absolute atomic E-state index is 14.1. The van der Waals surface area contributed by atoms with Crippen LogP contribution < -0.4 is 5.32 Å². The van der Waals surface area contributed by atoms with E-state index in [0.717, 1.165) is 68.8 Å². The summed E-state index contributed by atoms with van der Waals surface area (Å²) in [6.45, 7) is 10.7. The van der Waals surface area contributed by atoms with Gasteiger partial charge in [0.15, 0.2) is 6.10 Å². The van der Waals surface area contributed by atoms with Gasteiger partial charge in [0.05, 0.1) is 6.61 Å². The number of nitrogens with zero attached hydrogens (tertiary/aromatic N) is 5. The number of amides is 4. The Labute approximate surface area is 289 Å². The third-order valence-electron chi connectivity index (χ3n) is 10.9. The summed E-state index contributed by atoms with van der Waals surface area (Å²) < 4.78 is 6.06. The Morgan fingerprint density at radius 2 is 1.53 bits per heavy atom. The topological polar surface area (TPSA) is 129 Å². The third-order valence-corrected chi connectivity index (χ3v) is 10.9. The number of hydrogen-bond acceptors (Lipinski definition) is 8. The van der Waals surface area contributed by atoms with E-state index in [-0.39, 0.29) is 36.8 Å². The second kappa shape index (κ2) is 15.8. The smallest absolute Gasteiger partial charge is 0.410 e. The normalized spacial score (nSPS) is 20.8. The number of aliphatic hydroxyl groups is 1. The number of carbonyl (C=O) groups excluding carboxylic acids is 3. The number of para-hydroxylation sites is 1. The molecule has 4 aliphatic rings. The number of likely N-dealkylation sites (tertiary alicyclic amines) is 2. The van der Waals surface area contributed by atoms with Crippen LogP contribution in [0.25, 0.3) is 0 Å². The summed E-state index contributed by atoms with van der Waals surface area (Å²) in [7, 11) is 0. The molecule has 266 valence electrons. The van der Waals surface area contributed by atoms with Crippen LogP contribution in [0, 0.1) is 13.8 Å². The lowest BCUT2D eigenvalue weighted by molar-refractivity contribution is -0.143. The molecule has 2 aromatic carbocycles. The zero-order chi connectivity index (χ0) is 34.5. The Bertz CT molecular complexity index is 1460. The zero-order valence-electron chi connectivity index (χ0n) is 29.0. The van der Waals surface area contributed by atoms with Gasteiger partial charge in [0.2, 0.25) is 0 Å². The number of aliphatic hydroxyl groups excluding tert-OH is 1. The fraction of sp³-hybridized carbons (Fsp3) is 0.595. The van der Waals surface area contributed by atoms with Crippen LogP contribution in [-0.2, 0) is 22.4 Å². The van der Waals surface area contributed by atoms with Crippen LogP contribution in [0.15, 0.2) is 36.4 Å². The molecule has 49 heavy (non-hydrogen) atoms. The molecule has 4 heterocycles. The Morgan fingerprint density at radius 3 is 2.20 bits per heavy atom. The quantitative estimate of drug-likeness (QED) is 0.389. The fourth-order valence-corrected chi connectivity index (χ4v) is 8.01. The minimum Gasteiger partial charge on any atom is -0.507 e. The van der Waals surface area contributed by atoms with Gasteiger partial charge in [0.1, 0.15) is 5.75 Å². The van der Waals surface area contributed by atoms with Gasteiger partial charge in [0.25, 0.3) is 5.91 Å². The third kappa shape index (κ3) is 8.30. The van der Waals surface area contributed by atoms with Gasteiger partial charge >= 0.3 is 12.1 Å². The van der Waals surface area contributed by atoms with E-state index in [2.05, 4.69) is 15.1 Å². The molecule has 0 aliphatic carbocycles. The molecule has 2 aromatic rings. The van der Waals surface area contributed by atoms with E-state index >= 15 is 0 Å². The molecule has 0 aromatic heterocycles. The summed E-state index contributed by atoms with van der Waals surface area (Å²) in [6, 6.07) is 12.0. The molecule has 4 amide bonds. The van der Waals surface area contributed by atoms with E-state index in [1.807, 2.05) is 60.0 Å². The number of piperazine rings is 1. The van der Waals surface area contributed by atoms with E-state index < -0.39 is 12.2 Å². The first-order chi connectivity index (χ1) is 23.7. The Balaban J connectivity index is 1.07. The van der Waals surface area contributed by atoms with Crippen LogP contribution in [0.4, 0.5) is 15.3 Å². The number of aromatic hydroxyl groups is 1. The van der Waals surface area contributed by atoms with Crippen molar-refractivity contribution in [3.63, 3.8) is 0 Å². The number of nitrogens with one attached hydrogen (secondary N) is 1. The number of β-amino-alcohol motifs (C(OH)–C–C–N with tert-alkyl or cyclic N) is 1. The van der Waals surface area contributed by atoms with Crippen LogP contribution in [0.2, 0.25) is 0 Å². The molecule has 3 saturated heterocycles. The monoisotopic (exact) mass is 676 g/mol. The number of phenolic OH excluding ortho intramolecular Hbond substituents is 1. The number of anilines is 1. The van der Waals surface area contributed by atoms with Crippen molar-refractivity contribution in [2.75, 3.05) is 77.4 Å². The molecular weight excluding hydrogens is 624 g/mol. The lowest BCUT2D eigenvalue weighted by Crippen LogP contribution is -2.56. The minimum absolute atomic E-state index is 0.0111. The highest BCUT2D eigenvalue weighted by Crippen LogP contribution is 2.27. The largest absolute Gasteiger partial charge is 0.507 e. The van der Waals surface area contributed by atoms with Crippen molar-refractivity contribution in [2.45, 2.75) is 70.6 Å². The molecule has 1 unspecified atom stereocenters. The Kier molecular flexibility index (Phi) is 11.3. The molecule has 0 bridgehead atoms. The molecular formula is C37H52N6O6. The zero-order valence-corrected chi connectivity index (χ0v) is 29.0. The van der Waals surface area contributed by atoms with Gasteiger partial charge in [-0.3, -0.25) is 9.69 Å². The predicted molar refractivity (Wildman–Crippen MR) is 187 cm³/mol. The highest BCUT2D eigenvalue weighted by atomic mass is 16.6. The first-order valence-electron chi connectivity index (χ1n) is 18.0. The average Bonchev–Trinajstić information content (AvgIpc) is 3.28. The van der Waals surface area contributed by atoms with E-state index in [0.29, 0.717) is 62.7 Å². The number of ether oxygens (including phenoxy) is 1. The van der Waals surface area contributed by atoms with Crippen molar-refractivity contribution in [3.8, 4) is 5.75 Å². The van der Waals surface area contributed by atoms with E-state index in [1.54, 1.807) is 4.90 Å². The van der Waals surface area contributed by atoms with E-state index in [1.165, 1.54) is 0 Å². The molecule has 0 saturated carbocycles. The maximum Gasteiger partial charge on any atom is 0.410 e. The van der Waals surface area contributed by atoms with E-state index in [4.69, 9.17) is 4.74 Å². The molecule has 0 radical (unpaired) electrons. The minimum atomic E-state index is -0.989. The average molecular weight is 677 g/mol. The van der Waals surface area contributed by atoms with Crippen LogP contribution in [0.1, 0.15) is 47.9 Å². The lowest BCUT2D eigenvalue weighted by atomic mass is 10.00. The van der Waals surface area contributed by atoms with Crippen molar-refractivity contribution in [1.82, 2.24) is 24.5 Å². The highest BCUT2D eigenvalue weighted by molar-refractivity contribution is 5.91. The van der Waals surface area contributed by atoms with Gasteiger partial charge in [-0.1, -0.05) is 30.3 Å². The SMILES string of the molecule is Cc1cc(CC(OC(=O)N2CCC(N3CCc4ccccc4NC3=O)CC2)C(=O)N2CCN(C3CCN(CCO)CC3)CC2)cc(C)c1O. The molecule has 6 rings (SSSR count). The van der Waals surface area contributed by atoms with Gasteiger partial charge < -0.3 is 39.9 Å². The van der Waals surface area contributed by atoms with Gasteiger partial charge in [-0.05, 0) is 87.4 Å². The van der Waals surface area contributed by atoms with Crippen LogP contribution in [0.3, 0.4) is 0 Å². The molecule has 0 spiro atoms. The standard InChI is InChI=1S/C37H52N6O6/c1-26-23-28(24-27(2)34(26)45)25-33(35(46)41-19-17-40(18-20-41)30-8-12-39(13-9-30)21-22-44)49-37(48)42-14-10-31(11-15-42)43-16-7-29-5-3-4-6-32(29)38-36(43)47/h3-6,23-24,30-31,33,44-45H,7-22,25H2,1-2H3,(H,38,47). The number of fused-ring (bicyclic) bond motifs is 1. The van der Waals surface area contributed by atoms with Crippen LogP contribution >= 0.6 is 0 Å². The second-order valence-corrected chi connectivity index (χ2v) is 14.1. The number of urea groups is 1. The number of hydrogen-bond donors (Lipinski definition) is 3. The number of phenols is 1. The van der Waals surface area contributed by atoms with Gasteiger partial charge in [-0.15, -0.1) is 0 Å². The molecule has 3 N–H and O–H groups in total. The summed E-state index contributed by atoms with van der Waals surface area (Å²) in [5.41, 5.74) is 4.24. The lowest BCUT2D eigenvalue weighted by Gasteiger charge is -2.43.